The molecule has 3 nitrogen and oxygen atoms in total. The number of thiophene rings is 1. The Kier molecular flexibility index (Phi) is 2.33. The van der Waals surface area contributed by atoms with Gasteiger partial charge in [0.05, 0.1) is 0 Å². The van der Waals surface area contributed by atoms with Gasteiger partial charge in [0, 0.05) is 6.04 Å². The molecule has 0 aromatic carbocycles. The molecule has 2 atom stereocenters. The van der Waals surface area contributed by atoms with Gasteiger partial charge in [0.25, 0.3) is 0 Å². The highest BCUT2D eigenvalue weighted by Crippen LogP contribution is 2.27. The lowest BCUT2D eigenvalue weighted by atomic mass is 10.1. The van der Waals surface area contributed by atoms with E-state index in [0.29, 0.717) is 0 Å². The Labute approximate surface area is 80.4 Å². The van der Waals surface area contributed by atoms with E-state index in [-0.39, 0.29) is 12.1 Å². The standard InChI is InChI=1S/C9H11NO2S/c11-9(12)8-2-1-7(10-8)6-3-4-13-5-6/h3-5,7-8,10H,1-2H2,(H,11,12)/t7-,8+/m0/s1. The molecule has 0 radical (unpaired) electrons. The highest BCUT2D eigenvalue weighted by Gasteiger charge is 2.29. The van der Waals surface area contributed by atoms with E-state index in [0.717, 1.165) is 12.8 Å². The fourth-order valence-electron chi connectivity index (χ4n) is 1.67. The van der Waals surface area contributed by atoms with Gasteiger partial charge in [-0.2, -0.15) is 11.3 Å². The molecule has 1 aromatic heterocycles. The fourth-order valence-corrected chi connectivity index (χ4v) is 2.39. The summed E-state index contributed by atoms with van der Waals surface area (Å²) >= 11 is 1.65. The van der Waals surface area contributed by atoms with Crippen LogP contribution in [0.4, 0.5) is 0 Å². The maximum atomic E-state index is 10.7. The highest BCUT2D eigenvalue weighted by atomic mass is 32.1. The predicted molar refractivity (Wildman–Crippen MR) is 50.9 cm³/mol. The van der Waals surface area contributed by atoms with Crippen LogP contribution < -0.4 is 5.32 Å². The topological polar surface area (TPSA) is 49.3 Å². The molecular weight excluding hydrogens is 186 g/mol. The van der Waals surface area contributed by atoms with Gasteiger partial charge in [-0.3, -0.25) is 10.1 Å². The van der Waals surface area contributed by atoms with Gasteiger partial charge in [0.15, 0.2) is 0 Å². The molecule has 2 N–H and O–H groups in total. The summed E-state index contributed by atoms with van der Waals surface area (Å²) in [6.07, 6.45) is 1.66. The van der Waals surface area contributed by atoms with Gasteiger partial charge in [-0.1, -0.05) is 0 Å². The van der Waals surface area contributed by atoms with Crippen molar-refractivity contribution in [3.8, 4) is 0 Å². The Balaban J connectivity index is 2.03. The molecule has 4 heteroatoms. The summed E-state index contributed by atoms with van der Waals surface area (Å²) in [5.74, 6) is -0.738. The summed E-state index contributed by atoms with van der Waals surface area (Å²) in [7, 11) is 0. The number of nitrogens with one attached hydrogen (secondary N) is 1. The van der Waals surface area contributed by atoms with Gasteiger partial charge in [-0.15, -0.1) is 0 Å². The number of rotatable bonds is 2. The lowest BCUT2D eigenvalue weighted by Crippen LogP contribution is -2.31. The Hall–Kier alpha value is -0.870. The molecule has 13 heavy (non-hydrogen) atoms. The van der Waals surface area contributed by atoms with Gasteiger partial charge in [0.2, 0.25) is 0 Å². The maximum Gasteiger partial charge on any atom is 0.320 e. The summed E-state index contributed by atoms with van der Waals surface area (Å²) in [6, 6.07) is 1.93. The molecule has 1 aliphatic heterocycles. The minimum Gasteiger partial charge on any atom is -0.480 e. The van der Waals surface area contributed by atoms with Crippen LogP contribution in [0.1, 0.15) is 24.4 Å². The maximum absolute atomic E-state index is 10.7. The first kappa shape index (κ1) is 8.72. The van der Waals surface area contributed by atoms with Gasteiger partial charge in [-0.05, 0) is 35.2 Å². The molecule has 1 aromatic rings. The zero-order chi connectivity index (χ0) is 9.26. The number of carbonyl (C=O) groups is 1. The van der Waals surface area contributed by atoms with E-state index in [4.69, 9.17) is 5.11 Å². The third kappa shape index (κ3) is 1.73. The van der Waals surface area contributed by atoms with E-state index in [2.05, 4.69) is 10.7 Å². The zero-order valence-electron chi connectivity index (χ0n) is 7.06. The first-order valence-corrected chi connectivity index (χ1v) is 5.22. The van der Waals surface area contributed by atoms with Crippen molar-refractivity contribution in [2.45, 2.75) is 24.9 Å². The molecule has 0 bridgehead atoms. The Bertz CT molecular complexity index is 297. The molecular formula is C9H11NO2S. The van der Waals surface area contributed by atoms with Gasteiger partial charge >= 0.3 is 5.97 Å². The predicted octanol–water partition coefficient (Wildman–Crippen LogP) is 1.63. The molecule has 0 amide bonds. The van der Waals surface area contributed by atoms with Crippen LogP contribution in [0.25, 0.3) is 0 Å². The van der Waals surface area contributed by atoms with E-state index in [1.54, 1.807) is 11.3 Å². The number of aliphatic carboxylic acids is 1. The molecule has 0 aliphatic carbocycles. The second-order valence-corrected chi connectivity index (χ2v) is 4.02. The van der Waals surface area contributed by atoms with Crippen molar-refractivity contribution in [3.05, 3.63) is 22.4 Å². The molecule has 0 unspecified atom stereocenters. The average molecular weight is 197 g/mol. The van der Waals surface area contributed by atoms with E-state index in [1.807, 2.05) is 11.4 Å². The normalized spacial score (nSPS) is 27.7. The summed E-state index contributed by atoms with van der Waals surface area (Å²) in [6.45, 7) is 0. The van der Waals surface area contributed by atoms with Crippen LogP contribution >= 0.6 is 11.3 Å². The van der Waals surface area contributed by atoms with Crippen molar-refractivity contribution < 1.29 is 9.90 Å². The average Bonchev–Trinajstić information content (AvgIpc) is 2.75. The number of carboxylic acids is 1. The molecule has 70 valence electrons. The van der Waals surface area contributed by atoms with Crippen LogP contribution in [0.2, 0.25) is 0 Å². The lowest BCUT2D eigenvalue weighted by Gasteiger charge is -2.09. The van der Waals surface area contributed by atoms with Crippen LogP contribution in [-0.2, 0) is 4.79 Å². The lowest BCUT2D eigenvalue weighted by molar-refractivity contribution is -0.139. The van der Waals surface area contributed by atoms with Crippen LogP contribution in [0, 0.1) is 0 Å². The second-order valence-electron chi connectivity index (χ2n) is 3.24. The summed E-state index contributed by atoms with van der Waals surface area (Å²) in [5, 5.41) is 16.0. The van der Waals surface area contributed by atoms with Crippen LogP contribution in [0.15, 0.2) is 16.8 Å². The Morgan fingerprint density at radius 1 is 1.62 bits per heavy atom. The molecule has 2 heterocycles. The van der Waals surface area contributed by atoms with Gasteiger partial charge in [-0.25, -0.2) is 0 Å². The number of hydrogen-bond acceptors (Lipinski definition) is 3. The van der Waals surface area contributed by atoms with Crippen molar-refractivity contribution in [2.75, 3.05) is 0 Å². The van der Waals surface area contributed by atoms with Gasteiger partial charge < -0.3 is 5.11 Å². The van der Waals surface area contributed by atoms with E-state index < -0.39 is 5.97 Å². The smallest absolute Gasteiger partial charge is 0.320 e. The molecule has 0 spiro atoms. The van der Waals surface area contributed by atoms with Crippen molar-refractivity contribution in [3.63, 3.8) is 0 Å². The minimum absolute atomic E-state index is 0.243. The first-order valence-electron chi connectivity index (χ1n) is 4.28. The van der Waals surface area contributed by atoms with E-state index in [9.17, 15) is 4.79 Å². The fraction of sp³-hybridized carbons (Fsp3) is 0.444. The SMILES string of the molecule is O=C(O)[C@H]1CC[C@@H](c2ccsc2)N1. The van der Waals surface area contributed by atoms with Crippen molar-refractivity contribution >= 4 is 17.3 Å². The summed E-state index contributed by atoms with van der Waals surface area (Å²) in [5.41, 5.74) is 1.22. The first-order chi connectivity index (χ1) is 6.27. The highest BCUT2D eigenvalue weighted by molar-refractivity contribution is 7.07. The zero-order valence-corrected chi connectivity index (χ0v) is 7.88. The quantitative estimate of drug-likeness (QED) is 0.757. The van der Waals surface area contributed by atoms with Crippen LogP contribution in [-0.4, -0.2) is 17.1 Å². The largest absolute Gasteiger partial charge is 0.480 e. The van der Waals surface area contributed by atoms with Crippen molar-refractivity contribution in [2.24, 2.45) is 0 Å². The number of hydrogen-bond donors (Lipinski definition) is 2. The van der Waals surface area contributed by atoms with Crippen molar-refractivity contribution in [1.82, 2.24) is 5.32 Å². The minimum atomic E-state index is -0.738. The van der Waals surface area contributed by atoms with Gasteiger partial charge in [0.1, 0.15) is 6.04 Å². The molecule has 1 saturated heterocycles. The molecule has 2 rings (SSSR count). The molecule has 1 aliphatic rings. The third-order valence-electron chi connectivity index (χ3n) is 2.39. The Morgan fingerprint density at radius 2 is 2.46 bits per heavy atom. The van der Waals surface area contributed by atoms with E-state index in [1.165, 1.54) is 5.56 Å². The van der Waals surface area contributed by atoms with Crippen LogP contribution in [0.5, 0.6) is 0 Å². The molecule has 1 fully saturated rings. The van der Waals surface area contributed by atoms with Crippen LogP contribution in [0.3, 0.4) is 0 Å². The second kappa shape index (κ2) is 3.47. The summed E-state index contributed by atoms with van der Waals surface area (Å²) in [4.78, 5) is 10.7. The van der Waals surface area contributed by atoms with Crippen molar-refractivity contribution in [1.29, 1.82) is 0 Å². The number of carboxylic acid groups (broad SMARTS) is 1. The molecule has 0 saturated carbocycles. The summed E-state index contributed by atoms with van der Waals surface area (Å²) < 4.78 is 0. The third-order valence-corrected chi connectivity index (χ3v) is 3.09. The Morgan fingerprint density at radius 3 is 3.00 bits per heavy atom. The van der Waals surface area contributed by atoms with E-state index >= 15 is 0 Å². The monoisotopic (exact) mass is 197 g/mol.